The Hall–Kier alpha value is -2.21. The van der Waals surface area contributed by atoms with Crippen molar-refractivity contribution in [3.8, 4) is 5.69 Å². The average Bonchev–Trinajstić information content (AvgIpc) is 3.18. The van der Waals surface area contributed by atoms with Gasteiger partial charge in [-0.05, 0) is 50.1 Å². The van der Waals surface area contributed by atoms with Crippen molar-refractivity contribution in [2.45, 2.75) is 45.1 Å². The van der Waals surface area contributed by atoms with E-state index in [0.717, 1.165) is 34.4 Å². The highest BCUT2D eigenvalue weighted by Crippen LogP contribution is 2.30. The van der Waals surface area contributed by atoms with Crippen LogP contribution in [0.1, 0.15) is 47.5 Å². The number of nitrogens with one attached hydrogen (secondary N) is 1. The first-order chi connectivity index (χ1) is 12.1. The zero-order valence-electron chi connectivity index (χ0n) is 14.1. The molecule has 1 N–H and O–H groups in total. The van der Waals surface area contributed by atoms with Crippen LogP contribution in [-0.2, 0) is 0 Å². The summed E-state index contributed by atoms with van der Waals surface area (Å²) in [4.78, 5) is 14.2. The summed E-state index contributed by atoms with van der Waals surface area (Å²) in [5.41, 5.74) is 1.66. The maximum absolute atomic E-state index is 13.2. The van der Waals surface area contributed by atoms with E-state index in [2.05, 4.69) is 10.4 Å². The fourth-order valence-electron chi connectivity index (χ4n) is 3.42. The summed E-state index contributed by atoms with van der Waals surface area (Å²) in [5, 5.41) is 8.68. The first kappa shape index (κ1) is 16.3. The lowest BCUT2D eigenvalue weighted by atomic mass is 9.95. The third kappa shape index (κ3) is 3.18. The number of halogens is 1. The lowest BCUT2D eigenvalue weighted by molar-refractivity contribution is 0.0932. The second kappa shape index (κ2) is 6.59. The molecule has 0 bridgehead atoms. The van der Waals surface area contributed by atoms with E-state index in [1.54, 1.807) is 16.8 Å². The number of aryl methyl sites for hydroxylation is 1. The molecule has 6 heteroatoms. The van der Waals surface area contributed by atoms with Crippen molar-refractivity contribution in [1.29, 1.82) is 0 Å². The van der Waals surface area contributed by atoms with Crippen LogP contribution in [0.5, 0.6) is 0 Å². The van der Waals surface area contributed by atoms with Crippen LogP contribution in [-0.4, -0.2) is 21.7 Å². The number of aromatic nitrogens is 2. The molecular weight excluding hydrogens is 337 g/mol. The van der Waals surface area contributed by atoms with Gasteiger partial charge in [-0.1, -0.05) is 19.3 Å². The molecule has 0 saturated heterocycles. The van der Waals surface area contributed by atoms with Crippen molar-refractivity contribution in [1.82, 2.24) is 15.1 Å². The number of fused-ring (bicyclic) bond motifs is 1. The number of carbonyl (C=O) groups is 1. The Balaban J connectivity index is 1.64. The molecule has 1 amide bonds. The molecule has 3 aromatic rings. The first-order valence-electron chi connectivity index (χ1n) is 8.68. The quantitative estimate of drug-likeness (QED) is 0.745. The fraction of sp³-hybridized carbons (Fsp3) is 0.368. The molecule has 130 valence electrons. The van der Waals surface area contributed by atoms with Gasteiger partial charge in [0.2, 0.25) is 0 Å². The van der Waals surface area contributed by atoms with Gasteiger partial charge >= 0.3 is 0 Å². The molecular formula is C19H20FN3OS. The van der Waals surface area contributed by atoms with E-state index in [0.29, 0.717) is 10.9 Å². The largest absolute Gasteiger partial charge is 0.349 e. The lowest BCUT2D eigenvalue weighted by Crippen LogP contribution is -2.35. The minimum Gasteiger partial charge on any atom is -0.349 e. The summed E-state index contributed by atoms with van der Waals surface area (Å²) in [6, 6.07) is 8.44. The molecule has 1 aliphatic rings. The molecule has 4 rings (SSSR count). The van der Waals surface area contributed by atoms with E-state index >= 15 is 0 Å². The minimum absolute atomic E-state index is 0.00171. The number of thiophene rings is 1. The van der Waals surface area contributed by atoms with Gasteiger partial charge in [0.15, 0.2) is 0 Å². The maximum atomic E-state index is 13.2. The van der Waals surface area contributed by atoms with Crippen LogP contribution in [0.4, 0.5) is 4.39 Å². The molecule has 1 aliphatic carbocycles. The van der Waals surface area contributed by atoms with E-state index < -0.39 is 0 Å². The van der Waals surface area contributed by atoms with Gasteiger partial charge in [-0.15, -0.1) is 11.3 Å². The molecule has 1 saturated carbocycles. The van der Waals surface area contributed by atoms with Gasteiger partial charge in [0.05, 0.1) is 16.3 Å². The van der Waals surface area contributed by atoms with Gasteiger partial charge in [-0.2, -0.15) is 5.10 Å². The Morgan fingerprint density at radius 3 is 2.68 bits per heavy atom. The van der Waals surface area contributed by atoms with Crippen LogP contribution in [0.15, 0.2) is 30.3 Å². The number of hydrogen-bond acceptors (Lipinski definition) is 3. The van der Waals surface area contributed by atoms with Gasteiger partial charge in [0, 0.05) is 11.4 Å². The molecule has 4 nitrogen and oxygen atoms in total. The van der Waals surface area contributed by atoms with E-state index in [1.807, 2.05) is 13.0 Å². The zero-order chi connectivity index (χ0) is 17.4. The number of carbonyl (C=O) groups excluding carboxylic acids is 1. The minimum atomic E-state index is -0.275. The smallest absolute Gasteiger partial charge is 0.261 e. The Bertz CT molecular complexity index is 907. The first-order valence-corrected chi connectivity index (χ1v) is 9.49. The van der Waals surface area contributed by atoms with Crippen LogP contribution in [0.3, 0.4) is 0 Å². The third-order valence-electron chi connectivity index (χ3n) is 4.78. The second-order valence-corrected chi connectivity index (χ2v) is 7.64. The van der Waals surface area contributed by atoms with E-state index in [9.17, 15) is 9.18 Å². The van der Waals surface area contributed by atoms with Crippen molar-refractivity contribution in [3.63, 3.8) is 0 Å². The van der Waals surface area contributed by atoms with Crippen LogP contribution >= 0.6 is 11.3 Å². The van der Waals surface area contributed by atoms with Crippen molar-refractivity contribution in [2.24, 2.45) is 0 Å². The molecule has 0 aliphatic heterocycles. The highest BCUT2D eigenvalue weighted by Gasteiger charge is 2.20. The van der Waals surface area contributed by atoms with Crippen molar-refractivity contribution in [2.75, 3.05) is 0 Å². The van der Waals surface area contributed by atoms with Crippen LogP contribution < -0.4 is 5.32 Å². The Morgan fingerprint density at radius 1 is 1.24 bits per heavy atom. The van der Waals surface area contributed by atoms with Crippen molar-refractivity contribution < 1.29 is 9.18 Å². The molecule has 0 unspecified atom stereocenters. The van der Waals surface area contributed by atoms with Crippen molar-refractivity contribution >= 4 is 27.5 Å². The lowest BCUT2D eigenvalue weighted by Gasteiger charge is -2.22. The average molecular weight is 357 g/mol. The molecule has 2 aromatic heterocycles. The standard InChI is InChI=1S/C19H20FN3OS/c1-12-16-11-17(18(24)21-14-5-3-2-4-6-14)25-19(16)23(22-12)15-9-7-13(20)8-10-15/h7-11,14H,2-6H2,1H3,(H,21,24). The van der Waals surface area contributed by atoms with Gasteiger partial charge < -0.3 is 5.32 Å². The van der Waals surface area contributed by atoms with E-state index in [1.165, 1.54) is 42.7 Å². The summed E-state index contributed by atoms with van der Waals surface area (Å²) in [5.74, 6) is -0.277. The fourth-order valence-corrected chi connectivity index (χ4v) is 4.51. The SMILES string of the molecule is Cc1nn(-c2ccc(F)cc2)c2sc(C(=O)NC3CCCCC3)cc12. The normalized spacial score (nSPS) is 15.6. The Morgan fingerprint density at radius 2 is 1.96 bits per heavy atom. The molecule has 1 aromatic carbocycles. The maximum Gasteiger partial charge on any atom is 0.261 e. The second-order valence-electron chi connectivity index (χ2n) is 6.61. The van der Waals surface area contributed by atoms with Gasteiger partial charge in [-0.25, -0.2) is 9.07 Å². The number of rotatable bonds is 3. The van der Waals surface area contributed by atoms with E-state index in [-0.39, 0.29) is 11.7 Å². The molecule has 0 atom stereocenters. The summed E-state index contributed by atoms with van der Waals surface area (Å²) < 4.78 is 15.0. The van der Waals surface area contributed by atoms with Crippen LogP contribution in [0.2, 0.25) is 0 Å². The number of nitrogens with zero attached hydrogens (tertiary/aromatic N) is 2. The summed E-state index contributed by atoms with van der Waals surface area (Å²) >= 11 is 1.44. The monoisotopic (exact) mass is 357 g/mol. The Kier molecular flexibility index (Phi) is 4.29. The zero-order valence-corrected chi connectivity index (χ0v) is 14.9. The number of amides is 1. The third-order valence-corrected chi connectivity index (χ3v) is 5.89. The van der Waals surface area contributed by atoms with Crippen molar-refractivity contribution in [3.05, 3.63) is 46.7 Å². The van der Waals surface area contributed by atoms with Gasteiger partial charge in [0.1, 0.15) is 10.6 Å². The topological polar surface area (TPSA) is 46.9 Å². The highest BCUT2D eigenvalue weighted by atomic mass is 32.1. The molecule has 2 heterocycles. The molecule has 25 heavy (non-hydrogen) atoms. The Labute approximate surface area is 149 Å². The predicted molar refractivity (Wildman–Crippen MR) is 98.0 cm³/mol. The molecule has 1 fully saturated rings. The molecule has 0 spiro atoms. The summed E-state index contributed by atoms with van der Waals surface area (Å²) in [6.45, 7) is 1.93. The van der Waals surface area contributed by atoms with E-state index in [4.69, 9.17) is 0 Å². The highest BCUT2D eigenvalue weighted by molar-refractivity contribution is 7.20. The summed E-state index contributed by atoms with van der Waals surface area (Å²) in [7, 11) is 0. The predicted octanol–water partition coefficient (Wildman–Crippen LogP) is 4.60. The number of benzene rings is 1. The number of hydrogen-bond donors (Lipinski definition) is 1. The van der Waals surface area contributed by atoms with Gasteiger partial charge in [-0.3, -0.25) is 4.79 Å². The van der Waals surface area contributed by atoms with Gasteiger partial charge in [0.25, 0.3) is 5.91 Å². The molecule has 0 radical (unpaired) electrons. The van der Waals surface area contributed by atoms with Crippen LogP contribution in [0, 0.1) is 12.7 Å². The summed E-state index contributed by atoms with van der Waals surface area (Å²) in [6.07, 6.45) is 5.78. The van der Waals surface area contributed by atoms with Crippen LogP contribution in [0.25, 0.3) is 15.9 Å².